The standard InChI is InChI=1S/C10H14N2O2/c1-7-2-8(3-7)5-12-6-9(4-11-12)10(13)14/h4,6-8H,2-3,5H2,1H3,(H,13,14). The number of hydrogen-bond donors (Lipinski definition) is 1. The first kappa shape index (κ1) is 9.24. The Morgan fingerprint density at radius 1 is 1.71 bits per heavy atom. The third-order valence-electron chi connectivity index (χ3n) is 2.80. The van der Waals surface area contributed by atoms with Crippen molar-refractivity contribution in [2.45, 2.75) is 26.3 Å². The molecule has 1 aromatic rings. The Labute approximate surface area is 82.5 Å². The van der Waals surface area contributed by atoms with Crippen molar-refractivity contribution in [3.8, 4) is 0 Å². The normalized spacial score (nSPS) is 25.8. The van der Waals surface area contributed by atoms with E-state index in [-0.39, 0.29) is 5.56 Å². The van der Waals surface area contributed by atoms with Gasteiger partial charge < -0.3 is 5.11 Å². The molecule has 0 atom stereocenters. The number of rotatable bonds is 3. The Bertz CT molecular complexity index is 340. The fourth-order valence-electron chi connectivity index (χ4n) is 2.06. The lowest BCUT2D eigenvalue weighted by Crippen LogP contribution is -2.25. The summed E-state index contributed by atoms with van der Waals surface area (Å²) < 4.78 is 1.74. The SMILES string of the molecule is CC1CC(Cn2cc(C(=O)O)cn2)C1. The van der Waals surface area contributed by atoms with Crippen LogP contribution in [0.25, 0.3) is 0 Å². The Morgan fingerprint density at radius 3 is 2.93 bits per heavy atom. The van der Waals surface area contributed by atoms with Crippen LogP contribution in [0.5, 0.6) is 0 Å². The van der Waals surface area contributed by atoms with E-state index in [2.05, 4.69) is 12.0 Å². The van der Waals surface area contributed by atoms with Gasteiger partial charge in [-0.2, -0.15) is 5.10 Å². The molecule has 1 aliphatic rings. The number of carboxylic acids is 1. The van der Waals surface area contributed by atoms with E-state index in [1.165, 1.54) is 19.0 Å². The molecule has 0 bridgehead atoms. The summed E-state index contributed by atoms with van der Waals surface area (Å²) in [5.74, 6) is 0.610. The van der Waals surface area contributed by atoms with Crippen LogP contribution in [0.15, 0.2) is 12.4 Å². The predicted octanol–water partition coefficient (Wildman–Crippen LogP) is 1.63. The molecular formula is C10H14N2O2. The minimum atomic E-state index is -0.904. The smallest absolute Gasteiger partial charge is 0.338 e. The van der Waals surface area contributed by atoms with E-state index in [0.29, 0.717) is 5.92 Å². The van der Waals surface area contributed by atoms with Gasteiger partial charge in [-0.05, 0) is 24.7 Å². The number of aromatic carboxylic acids is 1. The summed E-state index contributed by atoms with van der Waals surface area (Å²) in [6, 6.07) is 0. The third-order valence-corrected chi connectivity index (χ3v) is 2.80. The Morgan fingerprint density at radius 2 is 2.43 bits per heavy atom. The summed E-state index contributed by atoms with van der Waals surface area (Å²) in [6.45, 7) is 3.10. The molecule has 0 aliphatic heterocycles. The van der Waals surface area contributed by atoms with Gasteiger partial charge in [-0.15, -0.1) is 0 Å². The summed E-state index contributed by atoms with van der Waals surface area (Å²) in [5.41, 5.74) is 0.275. The molecule has 0 spiro atoms. The molecule has 14 heavy (non-hydrogen) atoms. The van der Waals surface area contributed by atoms with Crippen LogP contribution >= 0.6 is 0 Å². The van der Waals surface area contributed by atoms with Gasteiger partial charge in [0.1, 0.15) is 0 Å². The van der Waals surface area contributed by atoms with Crippen molar-refractivity contribution in [3.05, 3.63) is 18.0 Å². The highest BCUT2D eigenvalue weighted by molar-refractivity contribution is 5.86. The summed E-state index contributed by atoms with van der Waals surface area (Å²) >= 11 is 0. The molecule has 0 amide bonds. The summed E-state index contributed by atoms with van der Waals surface area (Å²) in [7, 11) is 0. The van der Waals surface area contributed by atoms with Crippen LogP contribution in [-0.2, 0) is 6.54 Å². The highest BCUT2D eigenvalue weighted by Crippen LogP contribution is 2.33. The van der Waals surface area contributed by atoms with Gasteiger partial charge in [-0.25, -0.2) is 4.79 Å². The average Bonchev–Trinajstić information content (AvgIpc) is 2.50. The Hall–Kier alpha value is -1.32. The number of carboxylic acid groups (broad SMARTS) is 1. The molecule has 2 rings (SSSR count). The maximum atomic E-state index is 10.6. The maximum absolute atomic E-state index is 10.6. The fourth-order valence-corrected chi connectivity index (χ4v) is 2.06. The molecule has 4 nitrogen and oxygen atoms in total. The number of nitrogens with zero attached hydrogens (tertiary/aromatic N) is 2. The predicted molar refractivity (Wildman–Crippen MR) is 51.1 cm³/mol. The Balaban J connectivity index is 1.93. The average molecular weight is 194 g/mol. The molecule has 1 saturated carbocycles. The molecule has 1 N–H and O–H groups in total. The van der Waals surface area contributed by atoms with Gasteiger partial charge >= 0.3 is 5.97 Å². The first-order valence-electron chi connectivity index (χ1n) is 4.91. The molecule has 1 fully saturated rings. The van der Waals surface area contributed by atoms with Gasteiger partial charge in [0.15, 0.2) is 0 Å². The van der Waals surface area contributed by atoms with E-state index in [0.717, 1.165) is 12.5 Å². The molecule has 0 saturated heterocycles. The van der Waals surface area contributed by atoms with Crippen LogP contribution in [0.2, 0.25) is 0 Å². The second kappa shape index (κ2) is 3.44. The highest BCUT2D eigenvalue weighted by Gasteiger charge is 2.25. The number of aromatic nitrogens is 2. The van der Waals surface area contributed by atoms with E-state index < -0.39 is 5.97 Å². The zero-order valence-corrected chi connectivity index (χ0v) is 8.18. The molecular weight excluding hydrogens is 180 g/mol. The molecule has 0 radical (unpaired) electrons. The van der Waals surface area contributed by atoms with Gasteiger partial charge in [-0.3, -0.25) is 4.68 Å². The van der Waals surface area contributed by atoms with Crippen molar-refractivity contribution < 1.29 is 9.90 Å². The third kappa shape index (κ3) is 1.78. The van der Waals surface area contributed by atoms with Gasteiger partial charge in [-0.1, -0.05) is 6.92 Å². The minimum absolute atomic E-state index is 0.275. The Kier molecular flexibility index (Phi) is 2.27. The zero-order chi connectivity index (χ0) is 10.1. The number of carbonyl (C=O) groups is 1. The van der Waals surface area contributed by atoms with Crippen LogP contribution in [0.1, 0.15) is 30.1 Å². The van der Waals surface area contributed by atoms with Crippen molar-refractivity contribution in [3.63, 3.8) is 0 Å². The molecule has 4 heteroatoms. The first-order valence-corrected chi connectivity index (χ1v) is 4.91. The van der Waals surface area contributed by atoms with E-state index in [1.54, 1.807) is 10.9 Å². The van der Waals surface area contributed by atoms with E-state index in [1.807, 2.05) is 0 Å². The molecule has 1 aromatic heterocycles. The largest absolute Gasteiger partial charge is 0.478 e. The lowest BCUT2D eigenvalue weighted by molar-refractivity contribution is 0.0696. The fraction of sp³-hybridized carbons (Fsp3) is 0.600. The molecule has 1 aliphatic carbocycles. The van der Waals surface area contributed by atoms with Gasteiger partial charge in [0.25, 0.3) is 0 Å². The molecule has 0 aromatic carbocycles. The quantitative estimate of drug-likeness (QED) is 0.795. The minimum Gasteiger partial charge on any atom is -0.478 e. The van der Waals surface area contributed by atoms with Crippen molar-refractivity contribution in [2.75, 3.05) is 0 Å². The maximum Gasteiger partial charge on any atom is 0.338 e. The lowest BCUT2D eigenvalue weighted by Gasteiger charge is -2.32. The zero-order valence-electron chi connectivity index (χ0n) is 8.18. The first-order chi connectivity index (χ1) is 6.65. The molecule has 76 valence electrons. The topological polar surface area (TPSA) is 55.1 Å². The van der Waals surface area contributed by atoms with Gasteiger partial charge in [0.05, 0.1) is 11.8 Å². The van der Waals surface area contributed by atoms with E-state index >= 15 is 0 Å². The van der Waals surface area contributed by atoms with Crippen LogP contribution in [-0.4, -0.2) is 20.9 Å². The van der Waals surface area contributed by atoms with Crippen LogP contribution in [0.3, 0.4) is 0 Å². The van der Waals surface area contributed by atoms with Crippen molar-refractivity contribution >= 4 is 5.97 Å². The van der Waals surface area contributed by atoms with E-state index in [4.69, 9.17) is 5.11 Å². The molecule has 1 heterocycles. The second-order valence-corrected chi connectivity index (χ2v) is 4.20. The summed E-state index contributed by atoms with van der Waals surface area (Å²) in [4.78, 5) is 10.6. The number of hydrogen-bond acceptors (Lipinski definition) is 2. The van der Waals surface area contributed by atoms with Crippen molar-refractivity contribution in [1.82, 2.24) is 9.78 Å². The lowest BCUT2D eigenvalue weighted by atomic mass is 9.76. The van der Waals surface area contributed by atoms with Gasteiger partial charge in [0, 0.05) is 12.7 Å². The second-order valence-electron chi connectivity index (χ2n) is 4.20. The van der Waals surface area contributed by atoms with Gasteiger partial charge in [0.2, 0.25) is 0 Å². The van der Waals surface area contributed by atoms with Crippen molar-refractivity contribution in [1.29, 1.82) is 0 Å². The van der Waals surface area contributed by atoms with Crippen LogP contribution < -0.4 is 0 Å². The van der Waals surface area contributed by atoms with E-state index in [9.17, 15) is 4.79 Å². The van der Waals surface area contributed by atoms with Crippen LogP contribution in [0, 0.1) is 11.8 Å². The monoisotopic (exact) mass is 194 g/mol. The summed E-state index contributed by atoms with van der Waals surface area (Å²) in [5, 5.41) is 12.7. The van der Waals surface area contributed by atoms with Crippen molar-refractivity contribution in [2.24, 2.45) is 11.8 Å². The summed E-state index contributed by atoms with van der Waals surface area (Å²) in [6.07, 6.45) is 5.49. The van der Waals surface area contributed by atoms with Crippen LogP contribution in [0.4, 0.5) is 0 Å². The highest BCUT2D eigenvalue weighted by atomic mass is 16.4. The molecule has 0 unspecified atom stereocenters.